The van der Waals surface area contributed by atoms with E-state index in [0.717, 1.165) is 51.4 Å². The van der Waals surface area contributed by atoms with Crippen LogP contribution in [0.1, 0.15) is 277 Å². The van der Waals surface area contributed by atoms with Gasteiger partial charge in [0.1, 0.15) is 6.10 Å². The summed E-state index contributed by atoms with van der Waals surface area (Å²) in [6, 6.07) is -0.826. The summed E-state index contributed by atoms with van der Waals surface area (Å²) in [5, 5.41) is 33.3. The van der Waals surface area contributed by atoms with E-state index in [1.54, 1.807) is 6.08 Å². The predicted octanol–water partition coefficient (Wildman–Crippen LogP) is 17.0. The molecule has 0 aromatic rings. The molecule has 4 N–H and O–H groups in total. The first-order valence-electron chi connectivity index (χ1n) is 27.6. The average molecular weight is 882 g/mol. The number of aliphatic hydroxyl groups is 3. The quantitative estimate of drug-likeness (QED) is 0.0362. The molecule has 3 unspecified atom stereocenters. The maximum absolute atomic E-state index is 12.5. The highest BCUT2D eigenvalue weighted by molar-refractivity contribution is 5.80. The molecule has 0 radical (unpaired) electrons. The van der Waals surface area contributed by atoms with Gasteiger partial charge in [-0.05, 0) is 77.0 Å². The van der Waals surface area contributed by atoms with Crippen molar-refractivity contribution < 1.29 is 20.1 Å². The molecule has 0 fully saturated rings. The van der Waals surface area contributed by atoms with Gasteiger partial charge in [0.15, 0.2) is 0 Å². The van der Waals surface area contributed by atoms with Crippen molar-refractivity contribution in [3.8, 4) is 0 Å². The van der Waals surface area contributed by atoms with Crippen LogP contribution in [-0.4, -0.2) is 46.1 Å². The molecule has 0 aromatic carbocycles. The highest BCUT2D eigenvalue weighted by atomic mass is 16.3. The Bertz CT molecular complexity index is 1060. The van der Waals surface area contributed by atoms with Crippen LogP contribution in [-0.2, 0) is 4.79 Å². The zero-order valence-corrected chi connectivity index (χ0v) is 42.0. The Labute approximate surface area is 392 Å². The number of nitrogens with one attached hydrogen (secondary N) is 1. The van der Waals surface area contributed by atoms with E-state index >= 15 is 0 Å². The molecule has 0 bridgehead atoms. The number of carbonyl (C=O) groups excluding carboxylic acids is 1. The van der Waals surface area contributed by atoms with Crippen LogP contribution in [0.15, 0.2) is 60.8 Å². The molecular weight excluding hydrogens is 775 g/mol. The summed E-state index contributed by atoms with van der Waals surface area (Å²) in [6.45, 7) is 4.19. The van der Waals surface area contributed by atoms with Crippen molar-refractivity contribution >= 4 is 5.91 Å². The van der Waals surface area contributed by atoms with Crippen molar-refractivity contribution in [1.82, 2.24) is 5.32 Å². The highest BCUT2D eigenvalue weighted by Crippen LogP contribution is 2.16. The van der Waals surface area contributed by atoms with E-state index in [0.29, 0.717) is 6.42 Å². The van der Waals surface area contributed by atoms with Crippen LogP contribution >= 0.6 is 0 Å². The minimum Gasteiger partial charge on any atom is -0.394 e. The third-order valence-corrected chi connectivity index (χ3v) is 12.6. The van der Waals surface area contributed by atoms with Gasteiger partial charge in [-0.1, -0.05) is 261 Å². The molecule has 0 aliphatic carbocycles. The van der Waals surface area contributed by atoms with Gasteiger partial charge < -0.3 is 20.6 Å². The van der Waals surface area contributed by atoms with Crippen LogP contribution < -0.4 is 5.32 Å². The van der Waals surface area contributed by atoms with Gasteiger partial charge in [-0.2, -0.15) is 0 Å². The molecule has 1 amide bonds. The monoisotopic (exact) mass is 882 g/mol. The van der Waals surface area contributed by atoms with Crippen LogP contribution in [0, 0.1) is 0 Å². The fourth-order valence-electron chi connectivity index (χ4n) is 8.25. The van der Waals surface area contributed by atoms with Crippen molar-refractivity contribution in [2.45, 2.75) is 295 Å². The van der Waals surface area contributed by atoms with Gasteiger partial charge in [-0.15, -0.1) is 0 Å². The Morgan fingerprint density at radius 3 is 1.06 bits per heavy atom. The minimum absolute atomic E-state index is 0.384. The van der Waals surface area contributed by atoms with E-state index in [9.17, 15) is 20.1 Å². The second-order valence-corrected chi connectivity index (χ2v) is 18.8. The summed E-state index contributed by atoms with van der Waals surface area (Å²) in [5.74, 6) is -0.519. The molecule has 0 saturated heterocycles. The Balaban J connectivity index is 3.67. The first-order valence-corrected chi connectivity index (χ1v) is 27.6. The number of amides is 1. The Morgan fingerprint density at radius 2 is 0.698 bits per heavy atom. The Hall–Kier alpha value is -1.95. The van der Waals surface area contributed by atoms with E-state index in [1.165, 1.54) is 205 Å². The van der Waals surface area contributed by atoms with Crippen LogP contribution in [0.2, 0.25) is 0 Å². The summed E-state index contributed by atoms with van der Waals surface area (Å²) in [7, 11) is 0. The number of carbonyl (C=O) groups is 1. The van der Waals surface area contributed by atoms with Crippen molar-refractivity contribution in [2.24, 2.45) is 0 Å². The molecule has 0 aromatic heterocycles. The molecule has 368 valence electrons. The standard InChI is InChI=1S/C58H107NO4/c1-3-5-7-9-11-13-15-17-19-21-23-25-27-28-29-31-33-35-37-39-41-43-45-47-49-51-53-57(62)58(63)59-55(54-60)56(61)52-50-48-46-44-42-40-38-36-34-32-30-26-24-22-20-18-16-14-12-10-8-6-4-2/h23,25,28-29,34,36,42,44,50,52,55-57,60-62H,3-22,24,26-27,30-33,35,37-41,43,45-49,51,53-54H2,1-2H3,(H,59,63)/b25-23-,29-28-,36-34+,44-42+,52-50+. The molecular formula is C58H107NO4. The van der Waals surface area contributed by atoms with Gasteiger partial charge >= 0.3 is 0 Å². The van der Waals surface area contributed by atoms with Crippen LogP contribution in [0.4, 0.5) is 0 Å². The fourth-order valence-corrected chi connectivity index (χ4v) is 8.25. The second-order valence-electron chi connectivity index (χ2n) is 18.8. The highest BCUT2D eigenvalue weighted by Gasteiger charge is 2.22. The smallest absolute Gasteiger partial charge is 0.249 e. The number of hydrogen-bond acceptors (Lipinski definition) is 4. The maximum atomic E-state index is 12.5. The lowest BCUT2D eigenvalue weighted by molar-refractivity contribution is -0.131. The average Bonchev–Trinajstić information content (AvgIpc) is 3.29. The topological polar surface area (TPSA) is 89.8 Å². The van der Waals surface area contributed by atoms with Crippen molar-refractivity contribution in [1.29, 1.82) is 0 Å². The van der Waals surface area contributed by atoms with E-state index in [2.05, 4.69) is 67.8 Å². The number of rotatable bonds is 50. The Kier molecular flexibility index (Phi) is 51.0. The second kappa shape index (κ2) is 52.7. The molecule has 0 spiro atoms. The summed E-state index contributed by atoms with van der Waals surface area (Å²) in [5.41, 5.74) is 0. The maximum Gasteiger partial charge on any atom is 0.249 e. The number of allylic oxidation sites excluding steroid dienone is 9. The van der Waals surface area contributed by atoms with Crippen LogP contribution in [0.25, 0.3) is 0 Å². The largest absolute Gasteiger partial charge is 0.394 e. The van der Waals surface area contributed by atoms with Gasteiger partial charge in [0.25, 0.3) is 0 Å². The van der Waals surface area contributed by atoms with Gasteiger partial charge in [-0.3, -0.25) is 4.79 Å². The first-order chi connectivity index (χ1) is 31.1. The number of hydrogen-bond donors (Lipinski definition) is 4. The zero-order valence-electron chi connectivity index (χ0n) is 42.0. The molecule has 0 heterocycles. The summed E-state index contributed by atoms with van der Waals surface area (Å²) >= 11 is 0. The third-order valence-electron chi connectivity index (χ3n) is 12.6. The number of unbranched alkanes of at least 4 members (excludes halogenated alkanes) is 34. The van der Waals surface area contributed by atoms with Crippen LogP contribution in [0.3, 0.4) is 0 Å². The molecule has 0 rings (SSSR count). The summed E-state index contributed by atoms with van der Waals surface area (Å²) in [6.07, 6.45) is 71.5. The molecule has 3 atom stereocenters. The van der Waals surface area contributed by atoms with E-state index in [4.69, 9.17) is 0 Å². The van der Waals surface area contributed by atoms with Crippen molar-refractivity contribution in [3.63, 3.8) is 0 Å². The molecule has 0 saturated carbocycles. The van der Waals surface area contributed by atoms with E-state index in [-0.39, 0.29) is 6.61 Å². The number of aliphatic hydroxyl groups excluding tert-OH is 3. The lowest BCUT2D eigenvalue weighted by atomic mass is 10.0. The lowest BCUT2D eigenvalue weighted by Gasteiger charge is -2.21. The fraction of sp³-hybridized carbons (Fsp3) is 0.810. The first kappa shape index (κ1) is 61.0. The van der Waals surface area contributed by atoms with Gasteiger partial charge in [0.05, 0.1) is 18.8 Å². The predicted molar refractivity (Wildman–Crippen MR) is 277 cm³/mol. The third kappa shape index (κ3) is 47.8. The molecule has 0 aliphatic rings. The van der Waals surface area contributed by atoms with Crippen LogP contribution in [0.5, 0.6) is 0 Å². The molecule has 5 heteroatoms. The molecule has 0 aliphatic heterocycles. The molecule has 63 heavy (non-hydrogen) atoms. The van der Waals surface area contributed by atoms with E-state index in [1.807, 2.05) is 6.08 Å². The van der Waals surface area contributed by atoms with Crippen molar-refractivity contribution in [3.05, 3.63) is 60.8 Å². The van der Waals surface area contributed by atoms with Gasteiger partial charge in [-0.25, -0.2) is 0 Å². The lowest BCUT2D eigenvalue weighted by Crippen LogP contribution is -2.48. The molecule has 5 nitrogen and oxygen atoms in total. The zero-order chi connectivity index (χ0) is 45.8. The summed E-state index contributed by atoms with van der Waals surface area (Å²) < 4.78 is 0. The SMILES string of the molecule is CCCCCCCCCCC/C=C\C/C=C\CCCCCCCCCCCCC(O)C(=O)NC(CO)C(O)/C=C/CC/C=C/CC/C=C/CCCCCCCCCCCCCCC. The minimum atomic E-state index is -1.12. The van der Waals surface area contributed by atoms with Crippen molar-refractivity contribution in [2.75, 3.05) is 6.61 Å². The van der Waals surface area contributed by atoms with Gasteiger partial charge in [0.2, 0.25) is 5.91 Å². The van der Waals surface area contributed by atoms with Gasteiger partial charge in [0, 0.05) is 0 Å². The normalized spacial score (nSPS) is 13.8. The Morgan fingerprint density at radius 1 is 0.397 bits per heavy atom. The summed E-state index contributed by atoms with van der Waals surface area (Å²) in [4.78, 5) is 12.5. The van der Waals surface area contributed by atoms with E-state index < -0.39 is 24.2 Å².